The van der Waals surface area contributed by atoms with E-state index >= 15 is 0 Å². The molecule has 0 spiro atoms. The van der Waals surface area contributed by atoms with Gasteiger partial charge in [-0.05, 0) is 32.7 Å². The first-order chi connectivity index (χ1) is 7.20. The van der Waals surface area contributed by atoms with E-state index in [9.17, 15) is 4.79 Å². The van der Waals surface area contributed by atoms with Gasteiger partial charge in [0.15, 0.2) is 0 Å². The highest BCUT2D eigenvalue weighted by atomic mass is 16.2. The first-order valence-corrected chi connectivity index (χ1v) is 6.22. The lowest BCUT2D eigenvalue weighted by molar-refractivity contribution is -0.126. The van der Waals surface area contributed by atoms with Crippen molar-refractivity contribution in [1.82, 2.24) is 10.6 Å². The fourth-order valence-corrected chi connectivity index (χ4v) is 2.74. The SMILES string of the molecule is CC1(NC(=O)[C@H]2CCNC2)CCCCC1. The Bertz CT molecular complexity index is 228. The van der Waals surface area contributed by atoms with Crippen molar-refractivity contribution in [3.8, 4) is 0 Å². The first kappa shape index (κ1) is 10.9. The van der Waals surface area contributed by atoms with E-state index in [1.165, 1.54) is 19.3 Å². The molecule has 1 atom stereocenters. The molecule has 3 nitrogen and oxygen atoms in total. The highest BCUT2D eigenvalue weighted by molar-refractivity contribution is 5.80. The summed E-state index contributed by atoms with van der Waals surface area (Å²) in [5, 5.41) is 6.50. The molecule has 1 aliphatic carbocycles. The van der Waals surface area contributed by atoms with Gasteiger partial charge in [0.05, 0.1) is 5.92 Å². The predicted molar refractivity (Wildman–Crippen MR) is 60.6 cm³/mol. The number of carbonyl (C=O) groups excluding carboxylic acids is 1. The minimum absolute atomic E-state index is 0.0813. The maximum absolute atomic E-state index is 12.0. The molecular formula is C12H22N2O. The molecule has 1 saturated heterocycles. The van der Waals surface area contributed by atoms with Crippen molar-refractivity contribution in [2.75, 3.05) is 13.1 Å². The highest BCUT2D eigenvalue weighted by Gasteiger charge is 2.31. The van der Waals surface area contributed by atoms with Gasteiger partial charge in [-0.1, -0.05) is 19.3 Å². The van der Waals surface area contributed by atoms with Crippen LogP contribution in [0.15, 0.2) is 0 Å². The van der Waals surface area contributed by atoms with E-state index in [0.717, 1.165) is 32.4 Å². The predicted octanol–water partition coefficient (Wildman–Crippen LogP) is 1.43. The molecule has 86 valence electrons. The Hall–Kier alpha value is -0.570. The third kappa shape index (κ3) is 2.71. The summed E-state index contributed by atoms with van der Waals surface area (Å²) in [4.78, 5) is 12.0. The zero-order chi connectivity index (χ0) is 10.7. The van der Waals surface area contributed by atoms with Crippen molar-refractivity contribution in [2.45, 2.75) is 51.0 Å². The molecule has 2 N–H and O–H groups in total. The summed E-state index contributed by atoms with van der Waals surface area (Å²) in [7, 11) is 0. The second-order valence-electron chi connectivity index (χ2n) is 5.30. The summed E-state index contributed by atoms with van der Waals surface area (Å²) in [6.45, 7) is 4.06. The smallest absolute Gasteiger partial charge is 0.224 e. The number of hydrogen-bond acceptors (Lipinski definition) is 2. The van der Waals surface area contributed by atoms with E-state index in [2.05, 4.69) is 17.6 Å². The van der Waals surface area contributed by atoms with Gasteiger partial charge in [-0.2, -0.15) is 0 Å². The van der Waals surface area contributed by atoms with E-state index in [1.54, 1.807) is 0 Å². The largest absolute Gasteiger partial charge is 0.351 e. The standard InChI is InChI=1S/C12H22N2O/c1-12(6-3-2-4-7-12)14-11(15)10-5-8-13-9-10/h10,13H,2-9H2,1H3,(H,14,15)/t10-/m0/s1. The minimum atomic E-state index is 0.0813. The van der Waals surface area contributed by atoms with Crippen LogP contribution in [-0.2, 0) is 4.79 Å². The molecule has 3 heteroatoms. The summed E-state index contributed by atoms with van der Waals surface area (Å²) in [5.41, 5.74) is 0.0813. The summed E-state index contributed by atoms with van der Waals surface area (Å²) in [6.07, 6.45) is 7.16. The number of rotatable bonds is 2. The zero-order valence-corrected chi connectivity index (χ0v) is 9.64. The lowest BCUT2D eigenvalue weighted by Gasteiger charge is -2.35. The number of hydrogen-bond donors (Lipinski definition) is 2. The van der Waals surface area contributed by atoms with Crippen LogP contribution in [-0.4, -0.2) is 24.5 Å². The molecule has 0 aromatic rings. The maximum atomic E-state index is 12.0. The van der Waals surface area contributed by atoms with Gasteiger partial charge in [0.2, 0.25) is 5.91 Å². The lowest BCUT2D eigenvalue weighted by atomic mass is 9.83. The molecular weight excluding hydrogens is 188 g/mol. The van der Waals surface area contributed by atoms with Crippen LogP contribution in [0.3, 0.4) is 0 Å². The molecule has 0 bridgehead atoms. The molecule has 0 unspecified atom stereocenters. The molecule has 0 aromatic carbocycles. The quantitative estimate of drug-likeness (QED) is 0.724. The van der Waals surface area contributed by atoms with Crippen LogP contribution < -0.4 is 10.6 Å². The maximum Gasteiger partial charge on any atom is 0.224 e. The summed E-state index contributed by atoms with van der Waals surface area (Å²) < 4.78 is 0. The number of carbonyl (C=O) groups is 1. The van der Waals surface area contributed by atoms with Crippen molar-refractivity contribution in [3.05, 3.63) is 0 Å². The number of nitrogens with one attached hydrogen (secondary N) is 2. The Morgan fingerprint density at radius 1 is 1.33 bits per heavy atom. The molecule has 1 amide bonds. The van der Waals surface area contributed by atoms with Gasteiger partial charge in [0, 0.05) is 12.1 Å². The van der Waals surface area contributed by atoms with E-state index in [1.807, 2.05) is 0 Å². The van der Waals surface area contributed by atoms with Crippen molar-refractivity contribution in [2.24, 2.45) is 5.92 Å². The average Bonchev–Trinajstić information content (AvgIpc) is 2.70. The molecule has 0 aromatic heterocycles. The second kappa shape index (κ2) is 4.52. The fraction of sp³-hybridized carbons (Fsp3) is 0.917. The van der Waals surface area contributed by atoms with Crippen LogP contribution in [0.5, 0.6) is 0 Å². The lowest BCUT2D eigenvalue weighted by Crippen LogP contribution is -2.49. The van der Waals surface area contributed by atoms with E-state index in [-0.39, 0.29) is 17.4 Å². The monoisotopic (exact) mass is 210 g/mol. The Kier molecular flexibility index (Phi) is 3.29. The van der Waals surface area contributed by atoms with Gasteiger partial charge in [-0.3, -0.25) is 4.79 Å². The summed E-state index contributed by atoms with van der Waals surface area (Å²) >= 11 is 0. The van der Waals surface area contributed by atoms with Crippen LogP contribution in [0.2, 0.25) is 0 Å². The Morgan fingerprint density at radius 2 is 2.07 bits per heavy atom. The summed E-state index contributed by atoms with van der Waals surface area (Å²) in [5.74, 6) is 0.480. The van der Waals surface area contributed by atoms with Gasteiger partial charge < -0.3 is 10.6 Å². The topological polar surface area (TPSA) is 41.1 Å². The molecule has 2 rings (SSSR count). The molecule has 0 radical (unpaired) electrons. The summed E-state index contributed by atoms with van der Waals surface area (Å²) in [6, 6.07) is 0. The van der Waals surface area contributed by atoms with Gasteiger partial charge >= 0.3 is 0 Å². The van der Waals surface area contributed by atoms with Crippen LogP contribution in [0.4, 0.5) is 0 Å². The van der Waals surface area contributed by atoms with Crippen molar-refractivity contribution < 1.29 is 4.79 Å². The van der Waals surface area contributed by atoms with Crippen LogP contribution >= 0.6 is 0 Å². The van der Waals surface area contributed by atoms with E-state index in [4.69, 9.17) is 0 Å². The van der Waals surface area contributed by atoms with Gasteiger partial charge in [-0.25, -0.2) is 0 Å². The molecule has 2 aliphatic rings. The van der Waals surface area contributed by atoms with Gasteiger partial charge in [-0.15, -0.1) is 0 Å². The minimum Gasteiger partial charge on any atom is -0.351 e. The van der Waals surface area contributed by atoms with Crippen molar-refractivity contribution >= 4 is 5.91 Å². The molecule has 1 saturated carbocycles. The van der Waals surface area contributed by atoms with Crippen LogP contribution in [0.25, 0.3) is 0 Å². The second-order valence-corrected chi connectivity index (χ2v) is 5.30. The zero-order valence-electron chi connectivity index (χ0n) is 9.64. The first-order valence-electron chi connectivity index (χ1n) is 6.22. The van der Waals surface area contributed by atoms with E-state index < -0.39 is 0 Å². The van der Waals surface area contributed by atoms with Crippen LogP contribution in [0.1, 0.15) is 45.4 Å². The Labute approximate surface area is 92.0 Å². The number of amides is 1. The molecule has 2 fully saturated rings. The van der Waals surface area contributed by atoms with Crippen molar-refractivity contribution in [3.63, 3.8) is 0 Å². The molecule has 1 aliphatic heterocycles. The highest BCUT2D eigenvalue weighted by Crippen LogP contribution is 2.28. The molecule has 15 heavy (non-hydrogen) atoms. The Morgan fingerprint density at radius 3 is 2.67 bits per heavy atom. The third-order valence-corrected chi connectivity index (χ3v) is 3.81. The average molecular weight is 210 g/mol. The van der Waals surface area contributed by atoms with Crippen LogP contribution in [0, 0.1) is 5.92 Å². The van der Waals surface area contributed by atoms with Gasteiger partial charge in [0.1, 0.15) is 0 Å². The van der Waals surface area contributed by atoms with Crippen molar-refractivity contribution in [1.29, 1.82) is 0 Å². The third-order valence-electron chi connectivity index (χ3n) is 3.81. The Balaban J connectivity index is 1.86. The van der Waals surface area contributed by atoms with E-state index in [0.29, 0.717) is 0 Å². The molecule has 1 heterocycles. The normalized spacial score (nSPS) is 30.1. The fourth-order valence-electron chi connectivity index (χ4n) is 2.74. The van der Waals surface area contributed by atoms with Gasteiger partial charge in [0.25, 0.3) is 0 Å².